The van der Waals surface area contributed by atoms with E-state index >= 15 is 0 Å². The lowest BCUT2D eigenvalue weighted by Gasteiger charge is -2.37. The number of allylic oxidation sites excluding steroid dienone is 4. The van der Waals surface area contributed by atoms with Gasteiger partial charge in [0.25, 0.3) is 0 Å². The fourth-order valence-electron chi connectivity index (χ4n) is 8.93. The zero-order valence-electron chi connectivity index (χ0n) is 35.6. The molecule has 4 heteroatoms. The van der Waals surface area contributed by atoms with E-state index in [-0.39, 0.29) is 38.9 Å². The van der Waals surface area contributed by atoms with Crippen molar-refractivity contribution >= 4 is 11.8 Å². The Bertz CT molecular complexity index is 1050. The summed E-state index contributed by atoms with van der Waals surface area (Å²) in [7, 11) is 0. The van der Waals surface area contributed by atoms with Crippen LogP contribution in [0.15, 0.2) is 24.3 Å². The highest BCUT2D eigenvalue weighted by Crippen LogP contribution is 2.43. The molecule has 0 aromatic rings. The molecule has 2 atom stereocenters. The Morgan fingerprint density at radius 1 is 0.479 bits per heavy atom. The molecule has 2 unspecified atom stereocenters. The Labute approximate surface area is 300 Å². The van der Waals surface area contributed by atoms with E-state index in [9.17, 15) is 9.59 Å². The Balaban J connectivity index is 5.37. The first-order valence-corrected chi connectivity index (χ1v) is 19.4. The average molecular weight is 673 g/mol. The van der Waals surface area contributed by atoms with Crippen LogP contribution in [0.5, 0.6) is 0 Å². The molecule has 282 valence electrons. The van der Waals surface area contributed by atoms with Crippen LogP contribution in [-0.2, 0) is 9.59 Å². The molecule has 0 heterocycles. The van der Waals surface area contributed by atoms with Crippen LogP contribution in [-0.4, -0.2) is 24.9 Å². The fourth-order valence-corrected chi connectivity index (χ4v) is 8.93. The van der Waals surface area contributed by atoms with E-state index in [4.69, 9.17) is 0 Å². The van der Waals surface area contributed by atoms with Crippen LogP contribution in [0.3, 0.4) is 0 Å². The van der Waals surface area contributed by atoms with E-state index in [0.717, 1.165) is 51.4 Å². The van der Waals surface area contributed by atoms with Gasteiger partial charge in [-0.1, -0.05) is 168 Å². The van der Waals surface area contributed by atoms with Gasteiger partial charge < -0.3 is 10.6 Å². The topological polar surface area (TPSA) is 58.2 Å². The minimum absolute atomic E-state index is 0.0366. The maximum atomic E-state index is 13.7. The first-order valence-electron chi connectivity index (χ1n) is 19.4. The van der Waals surface area contributed by atoms with Crippen molar-refractivity contribution in [1.82, 2.24) is 10.6 Å². The standard InChI is InChI=1S/C44H84N2O2/c1-19-22-38(7,8)32-39(9,10)25-26-40(11,12)33-42(15,16)35(47)45-29-30-46-36(48)44(18,24-21-3)34-41(13,14)27-28-43(17,23-20-2)31-37(4,5)6/h25-28H,19-24,29-34H2,1-18H3,(H,45,47)(H,46,48). The Kier molecular flexibility index (Phi) is 17.5. The maximum Gasteiger partial charge on any atom is 0.226 e. The molecule has 48 heavy (non-hydrogen) atoms. The molecule has 0 radical (unpaired) electrons. The van der Waals surface area contributed by atoms with Crippen LogP contribution in [0.1, 0.15) is 189 Å². The molecule has 0 aromatic heterocycles. The predicted octanol–water partition coefficient (Wildman–Crippen LogP) is 12.5. The van der Waals surface area contributed by atoms with Gasteiger partial charge in [0.1, 0.15) is 0 Å². The van der Waals surface area contributed by atoms with Crippen molar-refractivity contribution in [2.75, 3.05) is 13.1 Å². The Morgan fingerprint density at radius 2 is 0.896 bits per heavy atom. The molecule has 0 aliphatic carbocycles. The van der Waals surface area contributed by atoms with Gasteiger partial charge in [0, 0.05) is 23.9 Å². The molecule has 0 rings (SSSR count). The van der Waals surface area contributed by atoms with Crippen LogP contribution >= 0.6 is 0 Å². The SMILES string of the molecule is CCCC(C)(C)CC(C)(C)C=CC(C)(C)CC(C)(C)C(=O)NCCNC(=O)C(C)(CCC)CC(C)(C)C=CC(C)(CCC)CC(C)(C)C. The summed E-state index contributed by atoms with van der Waals surface area (Å²) in [5.41, 5.74) is -0.434. The summed E-state index contributed by atoms with van der Waals surface area (Å²) in [6.07, 6.45) is 19.8. The van der Waals surface area contributed by atoms with Gasteiger partial charge >= 0.3 is 0 Å². The highest BCUT2D eigenvalue weighted by molar-refractivity contribution is 5.83. The van der Waals surface area contributed by atoms with E-state index in [2.05, 4.69) is 146 Å². The number of carbonyl (C=O) groups excluding carboxylic acids is 2. The van der Waals surface area contributed by atoms with E-state index < -0.39 is 10.8 Å². The molecule has 0 saturated carbocycles. The third-order valence-electron chi connectivity index (χ3n) is 9.94. The number of amides is 2. The molecule has 2 N–H and O–H groups in total. The smallest absolute Gasteiger partial charge is 0.226 e. The minimum Gasteiger partial charge on any atom is -0.354 e. The van der Waals surface area contributed by atoms with Crippen LogP contribution in [0, 0.1) is 43.3 Å². The minimum atomic E-state index is -0.532. The highest BCUT2D eigenvalue weighted by Gasteiger charge is 2.38. The number of nitrogens with one attached hydrogen (secondary N) is 2. The Hall–Kier alpha value is -1.58. The van der Waals surface area contributed by atoms with Crippen molar-refractivity contribution in [2.45, 2.75) is 189 Å². The summed E-state index contributed by atoms with van der Waals surface area (Å²) in [5.74, 6) is 0.121. The average Bonchev–Trinajstić information content (AvgIpc) is 2.86. The van der Waals surface area contributed by atoms with Crippen molar-refractivity contribution in [1.29, 1.82) is 0 Å². The fraction of sp³-hybridized carbons (Fsp3) is 0.864. The first-order chi connectivity index (χ1) is 21.5. The van der Waals surface area contributed by atoms with E-state index in [0.29, 0.717) is 18.5 Å². The second-order valence-corrected chi connectivity index (χ2v) is 20.9. The van der Waals surface area contributed by atoms with Gasteiger partial charge in [0.15, 0.2) is 0 Å². The van der Waals surface area contributed by atoms with Crippen molar-refractivity contribution < 1.29 is 9.59 Å². The molecule has 0 saturated heterocycles. The summed E-state index contributed by atoms with van der Waals surface area (Å²) in [4.78, 5) is 27.0. The molecule has 0 fully saturated rings. The van der Waals surface area contributed by atoms with Crippen LogP contribution in [0.4, 0.5) is 0 Å². The Morgan fingerprint density at radius 3 is 1.35 bits per heavy atom. The quantitative estimate of drug-likeness (QED) is 0.0888. The molecular formula is C44H84N2O2. The maximum absolute atomic E-state index is 13.7. The third kappa shape index (κ3) is 18.4. The lowest BCUT2D eigenvalue weighted by molar-refractivity contribution is -0.133. The van der Waals surface area contributed by atoms with E-state index in [1.807, 2.05) is 13.8 Å². The molecule has 0 spiro atoms. The first kappa shape index (κ1) is 46.4. The van der Waals surface area contributed by atoms with Gasteiger partial charge in [-0.2, -0.15) is 0 Å². The molecule has 0 aromatic carbocycles. The van der Waals surface area contributed by atoms with Gasteiger partial charge in [-0.25, -0.2) is 0 Å². The lowest BCUT2D eigenvalue weighted by atomic mass is 9.68. The van der Waals surface area contributed by atoms with Crippen molar-refractivity contribution in [3.63, 3.8) is 0 Å². The molecule has 0 bridgehead atoms. The number of carbonyl (C=O) groups is 2. The van der Waals surface area contributed by atoms with Crippen molar-refractivity contribution in [2.24, 2.45) is 43.3 Å². The van der Waals surface area contributed by atoms with Crippen LogP contribution < -0.4 is 10.6 Å². The molecule has 0 aliphatic heterocycles. The van der Waals surface area contributed by atoms with Gasteiger partial charge in [0.05, 0.1) is 0 Å². The summed E-state index contributed by atoms with van der Waals surface area (Å²) >= 11 is 0. The highest BCUT2D eigenvalue weighted by atomic mass is 16.2. The molecular weight excluding hydrogens is 588 g/mol. The summed E-state index contributed by atoms with van der Waals surface area (Å²) in [5, 5.41) is 6.31. The van der Waals surface area contributed by atoms with Crippen LogP contribution in [0.2, 0.25) is 0 Å². The number of rotatable bonds is 22. The van der Waals surface area contributed by atoms with E-state index in [1.165, 1.54) is 12.8 Å². The van der Waals surface area contributed by atoms with E-state index in [1.54, 1.807) is 0 Å². The number of hydrogen-bond acceptors (Lipinski definition) is 2. The van der Waals surface area contributed by atoms with Crippen LogP contribution in [0.25, 0.3) is 0 Å². The zero-order chi connectivity index (χ0) is 37.9. The zero-order valence-corrected chi connectivity index (χ0v) is 35.6. The van der Waals surface area contributed by atoms with Crippen molar-refractivity contribution in [3.05, 3.63) is 24.3 Å². The summed E-state index contributed by atoms with van der Waals surface area (Å²) in [6.45, 7) is 41.5. The van der Waals surface area contributed by atoms with Gasteiger partial charge in [0.2, 0.25) is 11.8 Å². The molecule has 2 amide bonds. The van der Waals surface area contributed by atoms with Crippen molar-refractivity contribution in [3.8, 4) is 0 Å². The summed E-state index contributed by atoms with van der Waals surface area (Å²) in [6, 6.07) is 0. The van der Waals surface area contributed by atoms with Gasteiger partial charge in [-0.15, -0.1) is 0 Å². The largest absolute Gasteiger partial charge is 0.354 e. The molecule has 4 nitrogen and oxygen atoms in total. The van der Waals surface area contributed by atoms with Gasteiger partial charge in [-0.3, -0.25) is 9.59 Å². The predicted molar refractivity (Wildman–Crippen MR) is 212 cm³/mol. The molecule has 0 aliphatic rings. The lowest BCUT2D eigenvalue weighted by Crippen LogP contribution is -2.46. The third-order valence-corrected chi connectivity index (χ3v) is 9.94. The second kappa shape index (κ2) is 18.1. The summed E-state index contributed by atoms with van der Waals surface area (Å²) < 4.78 is 0. The van der Waals surface area contributed by atoms with Gasteiger partial charge in [-0.05, 0) is 77.4 Å². The second-order valence-electron chi connectivity index (χ2n) is 20.9. The monoisotopic (exact) mass is 673 g/mol. The number of hydrogen-bond donors (Lipinski definition) is 2. The normalized spacial score (nSPS) is 16.6.